The molecule has 2 amide bonds. The molecule has 1 atom stereocenters. The number of likely N-dealkylation sites (N-methyl/N-ethyl adjacent to an activating group) is 1. The smallest absolute Gasteiger partial charge is 0.326 e. The SMILES string of the molecule is CCC(C(=O)O)N(C)C(=O)N(CC)Cc1ccccc1. The molecule has 0 bridgehead atoms. The van der Waals surface area contributed by atoms with Crippen LogP contribution in [0.15, 0.2) is 30.3 Å². The molecule has 0 radical (unpaired) electrons. The maximum absolute atomic E-state index is 12.4. The van der Waals surface area contributed by atoms with E-state index < -0.39 is 12.0 Å². The molecule has 0 spiro atoms. The van der Waals surface area contributed by atoms with Gasteiger partial charge < -0.3 is 14.9 Å². The van der Waals surface area contributed by atoms with Gasteiger partial charge in [0, 0.05) is 20.1 Å². The molecule has 0 aliphatic rings. The molecule has 5 heteroatoms. The average Bonchev–Trinajstić information content (AvgIpc) is 2.45. The number of benzene rings is 1. The van der Waals surface area contributed by atoms with Crippen LogP contribution in [0.5, 0.6) is 0 Å². The normalized spacial score (nSPS) is 11.8. The van der Waals surface area contributed by atoms with E-state index in [1.54, 1.807) is 11.8 Å². The fourth-order valence-corrected chi connectivity index (χ4v) is 2.09. The molecule has 0 saturated heterocycles. The van der Waals surface area contributed by atoms with Gasteiger partial charge in [0.25, 0.3) is 0 Å². The van der Waals surface area contributed by atoms with E-state index in [0.717, 1.165) is 5.56 Å². The second-order valence-electron chi connectivity index (χ2n) is 4.66. The molecule has 0 aliphatic heterocycles. The van der Waals surface area contributed by atoms with Gasteiger partial charge in [-0.25, -0.2) is 9.59 Å². The predicted octanol–water partition coefficient (Wildman–Crippen LogP) is 2.42. The Labute approximate surface area is 119 Å². The largest absolute Gasteiger partial charge is 0.480 e. The van der Waals surface area contributed by atoms with Crippen molar-refractivity contribution in [2.75, 3.05) is 13.6 Å². The van der Waals surface area contributed by atoms with E-state index in [1.807, 2.05) is 37.3 Å². The third-order valence-corrected chi connectivity index (χ3v) is 3.31. The number of rotatable bonds is 6. The lowest BCUT2D eigenvalue weighted by atomic mass is 10.2. The number of hydrogen-bond acceptors (Lipinski definition) is 2. The van der Waals surface area contributed by atoms with Crippen LogP contribution in [-0.4, -0.2) is 46.5 Å². The number of urea groups is 1. The van der Waals surface area contributed by atoms with Crippen molar-refractivity contribution in [1.82, 2.24) is 9.80 Å². The van der Waals surface area contributed by atoms with Gasteiger partial charge in [0.05, 0.1) is 0 Å². The molecule has 5 nitrogen and oxygen atoms in total. The fraction of sp³-hybridized carbons (Fsp3) is 0.467. The summed E-state index contributed by atoms with van der Waals surface area (Å²) in [6.45, 7) is 4.66. The molecule has 0 heterocycles. The Morgan fingerprint density at radius 1 is 1.20 bits per heavy atom. The first-order valence-corrected chi connectivity index (χ1v) is 6.79. The zero-order valence-electron chi connectivity index (χ0n) is 12.2. The Hall–Kier alpha value is -2.04. The molecule has 0 fully saturated rings. The summed E-state index contributed by atoms with van der Waals surface area (Å²) in [6, 6.07) is 8.62. The van der Waals surface area contributed by atoms with E-state index in [4.69, 9.17) is 5.11 Å². The van der Waals surface area contributed by atoms with Gasteiger partial charge in [-0.1, -0.05) is 37.3 Å². The minimum atomic E-state index is -0.973. The van der Waals surface area contributed by atoms with Crippen molar-refractivity contribution in [3.05, 3.63) is 35.9 Å². The van der Waals surface area contributed by atoms with E-state index in [0.29, 0.717) is 19.5 Å². The molecule has 1 rings (SSSR count). The Morgan fingerprint density at radius 3 is 2.25 bits per heavy atom. The Balaban J connectivity index is 2.78. The molecule has 1 aromatic carbocycles. The first-order valence-electron chi connectivity index (χ1n) is 6.79. The highest BCUT2D eigenvalue weighted by atomic mass is 16.4. The first-order chi connectivity index (χ1) is 9.51. The number of amides is 2. The van der Waals surface area contributed by atoms with E-state index >= 15 is 0 Å². The zero-order valence-corrected chi connectivity index (χ0v) is 12.2. The highest BCUT2D eigenvalue weighted by Gasteiger charge is 2.27. The summed E-state index contributed by atoms with van der Waals surface area (Å²) in [7, 11) is 1.54. The summed E-state index contributed by atoms with van der Waals surface area (Å²) in [6.07, 6.45) is 0.389. The molecule has 110 valence electrons. The van der Waals surface area contributed by atoms with Crippen molar-refractivity contribution < 1.29 is 14.7 Å². The van der Waals surface area contributed by atoms with Gasteiger partial charge in [-0.05, 0) is 18.9 Å². The zero-order chi connectivity index (χ0) is 15.1. The second kappa shape index (κ2) is 7.53. The second-order valence-corrected chi connectivity index (χ2v) is 4.66. The Kier molecular flexibility index (Phi) is 6.03. The molecule has 1 aromatic rings. The maximum Gasteiger partial charge on any atom is 0.326 e. The molecule has 20 heavy (non-hydrogen) atoms. The van der Waals surface area contributed by atoms with Crippen molar-refractivity contribution in [3.8, 4) is 0 Å². The highest BCUT2D eigenvalue weighted by molar-refractivity contribution is 5.82. The van der Waals surface area contributed by atoms with E-state index in [1.165, 1.54) is 11.9 Å². The summed E-state index contributed by atoms with van der Waals surface area (Å²) < 4.78 is 0. The van der Waals surface area contributed by atoms with Crippen molar-refractivity contribution in [2.45, 2.75) is 32.9 Å². The van der Waals surface area contributed by atoms with Crippen LogP contribution in [0.1, 0.15) is 25.8 Å². The van der Waals surface area contributed by atoms with Crippen LogP contribution in [0.4, 0.5) is 4.79 Å². The lowest BCUT2D eigenvalue weighted by Crippen LogP contribution is -2.48. The van der Waals surface area contributed by atoms with Gasteiger partial charge in [-0.15, -0.1) is 0 Å². The van der Waals surface area contributed by atoms with Crippen LogP contribution < -0.4 is 0 Å². The molecule has 1 unspecified atom stereocenters. The third-order valence-electron chi connectivity index (χ3n) is 3.31. The molecule has 0 aromatic heterocycles. The van der Waals surface area contributed by atoms with Crippen molar-refractivity contribution in [2.24, 2.45) is 0 Å². The Morgan fingerprint density at radius 2 is 1.80 bits per heavy atom. The topological polar surface area (TPSA) is 60.9 Å². The summed E-state index contributed by atoms with van der Waals surface area (Å²) in [5.41, 5.74) is 1.03. The van der Waals surface area contributed by atoms with E-state index in [2.05, 4.69) is 0 Å². The van der Waals surface area contributed by atoms with Gasteiger partial charge in [-0.2, -0.15) is 0 Å². The number of nitrogens with zero attached hydrogens (tertiary/aromatic N) is 2. The number of carbonyl (C=O) groups is 2. The van der Waals surface area contributed by atoms with Crippen molar-refractivity contribution in [1.29, 1.82) is 0 Å². The fourth-order valence-electron chi connectivity index (χ4n) is 2.09. The average molecular weight is 278 g/mol. The lowest BCUT2D eigenvalue weighted by molar-refractivity contribution is -0.142. The van der Waals surface area contributed by atoms with Gasteiger partial charge in [-0.3, -0.25) is 0 Å². The standard InChI is InChI=1S/C15H22N2O3/c1-4-13(14(18)19)16(3)15(20)17(5-2)11-12-9-7-6-8-10-12/h6-10,13H,4-5,11H2,1-3H3,(H,18,19). The minimum Gasteiger partial charge on any atom is -0.480 e. The third kappa shape index (κ3) is 3.98. The van der Waals surface area contributed by atoms with E-state index in [9.17, 15) is 9.59 Å². The van der Waals surface area contributed by atoms with Crippen LogP contribution in [-0.2, 0) is 11.3 Å². The molecule has 0 aliphatic carbocycles. The van der Waals surface area contributed by atoms with Gasteiger partial charge in [0.15, 0.2) is 0 Å². The maximum atomic E-state index is 12.4. The lowest BCUT2D eigenvalue weighted by Gasteiger charge is -2.30. The van der Waals surface area contributed by atoms with Crippen LogP contribution in [0.25, 0.3) is 0 Å². The van der Waals surface area contributed by atoms with Crippen molar-refractivity contribution in [3.63, 3.8) is 0 Å². The van der Waals surface area contributed by atoms with Crippen LogP contribution in [0.3, 0.4) is 0 Å². The Bertz CT molecular complexity index is 448. The van der Waals surface area contributed by atoms with Gasteiger partial charge >= 0.3 is 12.0 Å². The summed E-state index contributed by atoms with van der Waals surface area (Å²) >= 11 is 0. The molecule has 1 N–H and O–H groups in total. The van der Waals surface area contributed by atoms with Crippen LogP contribution in [0, 0.1) is 0 Å². The van der Waals surface area contributed by atoms with Crippen LogP contribution in [0.2, 0.25) is 0 Å². The van der Waals surface area contributed by atoms with Gasteiger partial charge in [0.1, 0.15) is 6.04 Å². The van der Waals surface area contributed by atoms with Crippen molar-refractivity contribution >= 4 is 12.0 Å². The van der Waals surface area contributed by atoms with Gasteiger partial charge in [0.2, 0.25) is 0 Å². The summed E-state index contributed by atoms with van der Waals surface area (Å²) in [4.78, 5) is 26.4. The monoisotopic (exact) mass is 278 g/mol. The van der Waals surface area contributed by atoms with Crippen LogP contribution >= 0.6 is 0 Å². The number of carbonyl (C=O) groups excluding carboxylic acids is 1. The quantitative estimate of drug-likeness (QED) is 0.869. The minimum absolute atomic E-state index is 0.259. The number of aliphatic carboxylic acids is 1. The predicted molar refractivity (Wildman–Crippen MR) is 77.4 cm³/mol. The van der Waals surface area contributed by atoms with E-state index in [-0.39, 0.29) is 6.03 Å². The number of carboxylic acid groups (broad SMARTS) is 1. The number of carboxylic acids is 1. The summed E-state index contributed by atoms with van der Waals surface area (Å²) in [5, 5.41) is 9.12. The number of hydrogen-bond donors (Lipinski definition) is 1. The summed E-state index contributed by atoms with van der Waals surface area (Å²) in [5.74, 6) is -0.973. The molecular formula is C15H22N2O3. The first kappa shape index (κ1) is 16.0. The molecule has 0 saturated carbocycles. The molecular weight excluding hydrogens is 256 g/mol. The highest BCUT2D eigenvalue weighted by Crippen LogP contribution is 2.10.